The zero-order valence-corrected chi connectivity index (χ0v) is 25.2. The Morgan fingerprint density at radius 2 is 1.66 bits per heavy atom. The summed E-state index contributed by atoms with van der Waals surface area (Å²) < 4.78 is 39.5. The number of hydrogen-bond donors (Lipinski definition) is 1. The highest BCUT2D eigenvalue weighted by Gasteiger charge is 2.33. The summed E-state index contributed by atoms with van der Waals surface area (Å²) in [5, 5.41) is 3.34. The number of carbonyl (C=O) groups excluding carboxylic acids is 2. The van der Waals surface area contributed by atoms with Gasteiger partial charge in [0.25, 0.3) is 10.0 Å². The second-order valence-electron chi connectivity index (χ2n) is 9.34. The summed E-state index contributed by atoms with van der Waals surface area (Å²) in [6.07, 6.45) is 1.69. The SMILES string of the molecule is CCCCNC(=O)C(C)N(Cc1cccc(Cl)c1)C(=O)CN(c1ccc(OC)c(OC)c1)S(=O)(=O)c1ccccc1. The topological polar surface area (TPSA) is 105 Å². The number of nitrogens with one attached hydrogen (secondary N) is 1. The van der Waals surface area contributed by atoms with Crippen LogP contribution in [0.4, 0.5) is 5.69 Å². The van der Waals surface area contributed by atoms with Crippen molar-refractivity contribution >= 4 is 39.1 Å². The monoisotopic (exact) mass is 601 g/mol. The Balaban J connectivity index is 2.05. The number of unbranched alkanes of at least 4 members (excludes halogenated alkanes) is 1. The predicted molar refractivity (Wildman–Crippen MR) is 160 cm³/mol. The first kappa shape index (κ1) is 31.8. The molecule has 0 aromatic heterocycles. The fourth-order valence-electron chi connectivity index (χ4n) is 4.18. The van der Waals surface area contributed by atoms with Gasteiger partial charge >= 0.3 is 0 Å². The molecule has 3 aromatic carbocycles. The average Bonchev–Trinajstić information content (AvgIpc) is 2.98. The van der Waals surface area contributed by atoms with Gasteiger partial charge in [0.2, 0.25) is 11.8 Å². The Morgan fingerprint density at radius 3 is 2.29 bits per heavy atom. The number of anilines is 1. The van der Waals surface area contributed by atoms with E-state index in [1.165, 1.54) is 43.4 Å². The number of sulfonamides is 1. The third-order valence-corrected chi connectivity index (χ3v) is 8.53. The number of carbonyl (C=O) groups is 2. The zero-order chi connectivity index (χ0) is 30.0. The summed E-state index contributed by atoms with van der Waals surface area (Å²) >= 11 is 6.19. The number of rotatable bonds is 14. The van der Waals surface area contributed by atoms with Crippen LogP contribution in [0.15, 0.2) is 77.7 Å². The minimum absolute atomic E-state index is 0.00864. The molecule has 220 valence electrons. The number of hydrogen-bond acceptors (Lipinski definition) is 6. The van der Waals surface area contributed by atoms with E-state index in [4.69, 9.17) is 21.1 Å². The van der Waals surface area contributed by atoms with Crippen molar-refractivity contribution in [2.75, 3.05) is 31.6 Å². The van der Waals surface area contributed by atoms with Crippen molar-refractivity contribution in [3.63, 3.8) is 0 Å². The van der Waals surface area contributed by atoms with Crippen LogP contribution < -0.4 is 19.1 Å². The van der Waals surface area contributed by atoms with Crippen LogP contribution in [0.25, 0.3) is 0 Å². The molecule has 41 heavy (non-hydrogen) atoms. The average molecular weight is 602 g/mol. The first-order valence-electron chi connectivity index (χ1n) is 13.2. The van der Waals surface area contributed by atoms with E-state index < -0.39 is 28.5 Å². The number of methoxy groups -OCH3 is 2. The van der Waals surface area contributed by atoms with Gasteiger partial charge in [-0.15, -0.1) is 0 Å². The maximum atomic E-state index is 14.0. The first-order valence-corrected chi connectivity index (χ1v) is 15.1. The van der Waals surface area contributed by atoms with Crippen molar-refractivity contribution < 1.29 is 27.5 Å². The lowest BCUT2D eigenvalue weighted by Gasteiger charge is -2.32. The van der Waals surface area contributed by atoms with Gasteiger partial charge in [-0.3, -0.25) is 13.9 Å². The van der Waals surface area contributed by atoms with Gasteiger partial charge in [-0.1, -0.05) is 55.3 Å². The van der Waals surface area contributed by atoms with Gasteiger partial charge < -0.3 is 19.7 Å². The molecule has 0 aliphatic heterocycles. The molecule has 0 aliphatic rings. The number of amides is 2. The molecule has 0 saturated heterocycles. The second-order valence-corrected chi connectivity index (χ2v) is 11.6. The lowest BCUT2D eigenvalue weighted by atomic mass is 10.1. The van der Waals surface area contributed by atoms with E-state index in [1.807, 2.05) is 6.92 Å². The minimum atomic E-state index is -4.20. The molecule has 2 amide bonds. The van der Waals surface area contributed by atoms with Crippen LogP contribution in [0.5, 0.6) is 11.5 Å². The second kappa shape index (κ2) is 14.7. The third kappa shape index (κ3) is 8.14. The molecule has 1 unspecified atom stereocenters. The molecule has 0 bridgehead atoms. The Bertz CT molecular complexity index is 1440. The number of benzene rings is 3. The lowest BCUT2D eigenvalue weighted by Crippen LogP contribution is -2.51. The zero-order valence-electron chi connectivity index (χ0n) is 23.7. The van der Waals surface area contributed by atoms with Crippen LogP contribution in [0.2, 0.25) is 5.02 Å². The van der Waals surface area contributed by atoms with Crippen molar-refractivity contribution in [2.45, 2.75) is 44.2 Å². The maximum absolute atomic E-state index is 14.0. The Kier molecular flexibility index (Phi) is 11.4. The molecular formula is C30H36ClN3O6S. The third-order valence-electron chi connectivity index (χ3n) is 6.50. The van der Waals surface area contributed by atoms with Crippen molar-refractivity contribution in [1.29, 1.82) is 0 Å². The summed E-state index contributed by atoms with van der Waals surface area (Å²) in [5.74, 6) is -0.209. The molecule has 0 spiro atoms. The van der Waals surface area contributed by atoms with Crippen LogP contribution >= 0.6 is 11.6 Å². The summed E-state index contributed by atoms with van der Waals surface area (Å²) in [6.45, 7) is 3.59. The molecule has 1 N–H and O–H groups in total. The minimum Gasteiger partial charge on any atom is -0.493 e. The maximum Gasteiger partial charge on any atom is 0.264 e. The molecule has 0 fully saturated rings. The number of halogens is 1. The van der Waals surface area contributed by atoms with E-state index >= 15 is 0 Å². The molecule has 0 heterocycles. The highest BCUT2D eigenvalue weighted by Crippen LogP contribution is 2.34. The standard InChI is InChI=1S/C30H36ClN3O6S/c1-5-6-17-32-30(36)22(2)33(20-23-11-10-12-24(31)18-23)29(35)21-34(41(37,38)26-13-8-7-9-14-26)25-15-16-27(39-3)28(19-25)40-4/h7-16,18-19,22H,5-6,17,20-21H2,1-4H3,(H,32,36). The van der Waals surface area contributed by atoms with Crippen molar-refractivity contribution in [3.05, 3.63) is 83.4 Å². The van der Waals surface area contributed by atoms with E-state index in [0.29, 0.717) is 28.6 Å². The van der Waals surface area contributed by atoms with Gasteiger partial charge in [0.15, 0.2) is 11.5 Å². The van der Waals surface area contributed by atoms with E-state index in [-0.39, 0.29) is 23.0 Å². The largest absolute Gasteiger partial charge is 0.493 e. The first-order chi connectivity index (χ1) is 19.6. The Morgan fingerprint density at radius 1 is 0.951 bits per heavy atom. The van der Waals surface area contributed by atoms with E-state index in [9.17, 15) is 18.0 Å². The van der Waals surface area contributed by atoms with E-state index in [2.05, 4.69) is 5.32 Å². The quantitative estimate of drug-likeness (QED) is 0.264. The van der Waals surface area contributed by atoms with Gasteiger partial charge in [-0.2, -0.15) is 0 Å². The van der Waals surface area contributed by atoms with E-state index in [1.54, 1.807) is 55.5 Å². The van der Waals surface area contributed by atoms with Crippen LogP contribution in [0.3, 0.4) is 0 Å². The molecule has 0 saturated carbocycles. The molecule has 0 radical (unpaired) electrons. The fraction of sp³-hybridized carbons (Fsp3) is 0.333. The molecule has 11 heteroatoms. The van der Waals surface area contributed by atoms with Gasteiger partial charge in [0.05, 0.1) is 24.8 Å². The smallest absolute Gasteiger partial charge is 0.264 e. The van der Waals surface area contributed by atoms with Gasteiger partial charge in [0.1, 0.15) is 12.6 Å². The van der Waals surface area contributed by atoms with E-state index in [0.717, 1.165) is 17.1 Å². The van der Waals surface area contributed by atoms with Gasteiger partial charge in [-0.05, 0) is 55.3 Å². The van der Waals surface area contributed by atoms with Crippen LogP contribution in [-0.4, -0.2) is 58.5 Å². The number of nitrogens with zero attached hydrogens (tertiary/aromatic N) is 2. The van der Waals surface area contributed by atoms with Crippen molar-refractivity contribution in [2.24, 2.45) is 0 Å². The van der Waals surface area contributed by atoms with Crippen LogP contribution in [0.1, 0.15) is 32.3 Å². The number of ether oxygens (including phenoxy) is 2. The summed E-state index contributed by atoms with van der Waals surface area (Å²) in [7, 11) is -1.29. The highest BCUT2D eigenvalue weighted by atomic mass is 35.5. The molecule has 9 nitrogen and oxygen atoms in total. The molecule has 3 aromatic rings. The predicted octanol–water partition coefficient (Wildman–Crippen LogP) is 4.89. The van der Waals surface area contributed by atoms with Gasteiger partial charge in [0, 0.05) is 24.2 Å². The van der Waals surface area contributed by atoms with Crippen LogP contribution in [-0.2, 0) is 26.2 Å². The molecule has 3 rings (SSSR count). The molecular weight excluding hydrogens is 566 g/mol. The van der Waals surface area contributed by atoms with Gasteiger partial charge in [-0.25, -0.2) is 8.42 Å². The molecule has 0 aliphatic carbocycles. The molecule has 1 atom stereocenters. The summed E-state index contributed by atoms with van der Waals surface area (Å²) in [4.78, 5) is 28.4. The van der Waals surface area contributed by atoms with Crippen molar-refractivity contribution in [1.82, 2.24) is 10.2 Å². The highest BCUT2D eigenvalue weighted by molar-refractivity contribution is 7.92. The lowest BCUT2D eigenvalue weighted by molar-refractivity contribution is -0.139. The summed E-state index contributed by atoms with van der Waals surface area (Å²) in [6, 6.07) is 18.5. The summed E-state index contributed by atoms with van der Waals surface area (Å²) in [5.41, 5.74) is 0.894. The Hall–Kier alpha value is -3.76. The Labute approximate surface area is 247 Å². The fourth-order valence-corrected chi connectivity index (χ4v) is 5.82. The van der Waals surface area contributed by atoms with Crippen LogP contribution in [0, 0.1) is 0 Å². The van der Waals surface area contributed by atoms with Crippen molar-refractivity contribution in [3.8, 4) is 11.5 Å². The normalized spacial score (nSPS) is 11.8.